The Kier molecular flexibility index (Phi) is 8.18. The lowest BCUT2D eigenvalue weighted by Crippen LogP contribution is -1.99. The summed E-state index contributed by atoms with van der Waals surface area (Å²) in [4.78, 5) is 0. The minimum Gasteiger partial charge on any atom is -0.0883 e. The molecule has 0 bridgehead atoms. The molecular formula is C13H26. The average Bonchev–Trinajstić information content (AvgIpc) is 2.09. The van der Waals surface area contributed by atoms with E-state index in [-0.39, 0.29) is 0 Å². The molecule has 0 N–H and O–H groups in total. The van der Waals surface area contributed by atoms with Crippen LogP contribution < -0.4 is 0 Å². The maximum atomic E-state index is 2.43. The highest BCUT2D eigenvalue weighted by molar-refractivity contribution is 4.88. The molecule has 0 spiro atoms. The smallest absolute Gasteiger partial charge is 0.0234 e. The summed E-state index contributed by atoms with van der Waals surface area (Å²) in [6, 6.07) is 0. The summed E-state index contributed by atoms with van der Waals surface area (Å²) < 4.78 is 0. The molecular weight excluding hydrogens is 156 g/mol. The Balaban J connectivity index is 3.63. The molecule has 1 atom stereocenters. The zero-order valence-electron chi connectivity index (χ0n) is 9.84. The number of rotatable bonds is 7. The summed E-state index contributed by atoms with van der Waals surface area (Å²) >= 11 is 0. The van der Waals surface area contributed by atoms with Crippen LogP contribution in [0.5, 0.6) is 0 Å². The van der Waals surface area contributed by atoms with Gasteiger partial charge in [0.05, 0.1) is 0 Å². The fourth-order valence-corrected chi connectivity index (χ4v) is 1.60. The SMILES string of the molecule is CCCCC=CC(CC)CC(C)C. The number of allylic oxidation sites excluding steroid dienone is 2. The van der Waals surface area contributed by atoms with Gasteiger partial charge >= 0.3 is 0 Å². The van der Waals surface area contributed by atoms with Gasteiger partial charge in [0.25, 0.3) is 0 Å². The van der Waals surface area contributed by atoms with Gasteiger partial charge in [-0.25, -0.2) is 0 Å². The van der Waals surface area contributed by atoms with Gasteiger partial charge in [-0.2, -0.15) is 0 Å². The fourth-order valence-electron chi connectivity index (χ4n) is 1.60. The van der Waals surface area contributed by atoms with Crippen LogP contribution >= 0.6 is 0 Å². The summed E-state index contributed by atoms with van der Waals surface area (Å²) in [7, 11) is 0. The third-order valence-electron chi connectivity index (χ3n) is 2.43. The van der Waals surface area contributed by atoms with Gasteiger partial charge in [0.2, 0.25) is 0 Å². The van der Waals surface area contributed by atoms with E-state index in [2.05, 4.69) is 39.8 Å². The first-order valence-electron chi connectivity index (χ1n) is 5.87. The van der Waals surface area contributed by atoms with Crippen molar-refractivity contribution in [3.8, 4) is 0 Å². The third-order valence-corrected chi connectivity index (χ3v) is 2.43. The van der Waals surface area contributed by atoms with E-state index in [1.165, 1.54) is 32.1 Å². The lowest BCUT2D eigenvalue weighted by Gasteiger charge is -2.12. The maximum Gasteiger partial charge on any atom is -0.0234 e. The number of hydrogen-bond donors (Lipinski definition) is 0. The summed E-state index contributed by atoms with van der Waals surface area (Å²) in [5.41, 5.74) is 0. The van der Waals surface area contributed by atoms with Crippen molar-refractivity contribution in [1.29, 1.82) is 0 Å². The fraction of sp³-hybridized carbons (Fsp3) is 0.846. The van der Waals surface area contributed by atoms with Crippen LogP contribution in [0.15, 0.2) is 12.2 Å². The number of hydrogen-bond acceptors (Lipinski definition) is 0. The van der Waals surface area contributed by atoms with Gasteiger partial charge < -0.3 is 0 Å². The molecule has 0 nitrogen and oxygen atoms in total. The molecule has 0 aliphatic carbocycles. The van der Waals surface area contributed by atoms with Crippen LogP contribution in [0, 0.1) is 11.8 Å². The second-order valence-electron chi connectivity index (χ2n) is 4.37. The van der Waals surface area contributed by atoms with Crippen molar-refractivity contribution in [2.75, 3.05) is 0 Å². The third kappa shape index (κ3) is 8.08. The Bertz CT molecular complexity index is 122. The molecule has 0 heterocycles. The van der Waals surface area contributed by atoms with Gasteiger partial charge in [0.15, 0.2) is 0 Å². The summed E-state index contributed by atoms with van der Waals surface area (Å²) in [6.45, 7) is 9.15. The molecule has 0 fully saturated rings. The van der Waals surface area contributed by atoms with E-state index >= 15 is 0 Å². The van der Waals surface area contributed by atoms with Gasteiger partial charge in [0.1, 0.15) is 0 Å². The largest absolute Gasteiger partial charge is 0.0883 e. The van der Waals surface area contributed by atoms with E-state index in [1.807, 2.05) is 0 Å². The molecule has 0 saturated carbocycles. The van der Waals surface area contributed by atoms with E-state index in [9.17, 15) is 0 Å². The molecule has 0 heteroatoms. The molecule has 0 aromatic heterocycles. The Morgan fingerprint density at radius 3 is 2.31 bits per heavy atom. The van der Waals surface area contributed by atoms with Crippen LogP contribution in [-0.2, 0) is 0 Å². The first kappa shape index (κ1) is 12.7. The zero-order chi connectivity index (χ0) is 10.1. The van der Waals surface area contributed by atoms with Crippen LogP contribution in [0.4, 0.5) is 0 Å². The van der Waals surface area contributed by atoms with Crippen molar-refractivity contribution in [1.82, 2.24) is 0 Å². The molecule has 0 rings (SSSR count). The second kappa shape index (κ2) is 8.34. The standard InChI is InChI=1S/C13H26/c1-5-7-8-9-10-13(6-2)11-12(3)4/h9-10,12-13H,5-8,11H2,1-4H3. The van der Waals surface area contributed by atoms with E-state index in [0.717, 1.165) is 11.8 Å². The van der Waals surface area contributed by atoms with Crippen LogP contribution in [0.2, 0.25) is 0 Å². The van der Waals surface area contributed by atoms with Crippen molar-refractivity contribution in [2.24, 2.45) is 11.8 Å². The Morgan fingerprint density at radius 1 is 1.15 bits per heavy atom. The highest BCUT2D eigenvalue weighted by Gasteiger charge is 2.03. The topological polar surface area (TPSA) is 0 Å². The highest BCUT2D eigenvalue weighted by atomic mass is 14.1. The second-order valence-corrected chi connectivity index (χ2v) is 4.37. The van der Waals surface area contributed by atoms with Crippen LogP contribution in [0.3, 0.4) is 0 Å². The molecule has 1 unspecified atom stereocenters. The predicted octanol–water partition coefficient (Wildman–Crippen LogP) is 4.81. The molecule has 0 amide bonds. The van der Waals surface area contributed by atoms with Crippen LogP contribution in [-0.4, -0.2) is 0 Å². The molecule has 0 saturated heterocycles. The predicted molar refractivity (Wildman–Crippen MR) is 61.9 cm³/mol. The van der Waals surface area contributed by atoms with Crippen molar-refractivity contribution < 1.29 is 0 Å². The molecule has 0 aliphatic heterocycles. The lowest BCUT2D eigenvalue weighted by molar-refractivity contribution is 0.464. The van der Waals surface area contributed by atoms with Crippen molar-refractivity contribution in [3.05, 3.63) is 12.2 Å². The minimum atomic E-state index is 0.817. The van der Waals surface area contributed by atoms with Crippen LogP contribution in [0.1, 0.15) is 59.8 Å². The van der Waals surface area contributed by atoms with E-state index < -0.39 is 0 Å². The average molecular weight is 182 g/mol. The molecule has 0 radical (unpaired) electrons. The molecule has 13 heavy (non-hydrogen) atoms. The summed E-state index contributed by atoms with van der Waals surface area (Å²) in [5, 5.41) is 0. The van der Waals surface area contributed by atoms with E-state index in [0.29, 0.717) is 0 Å². The Morgan fingerprint density at radius 2 is 1.85 bits per heavy atom. The van der Waals surface area contributed by atoms with E-state index in [1.54, 1.807) is 0 Å². The quantitative estimate of drug-likeness (QED) is 0.392. The highest BCUT2D eigenvalue weighted by Crippen LogP contribution is 2.16. The van der Waals surface area contributed by atoms with Gasteiger partial charge in [-0.05, 0) is 31.1 Å². The van der Waals surface area contributed by atoms with Crippen LogP contribution in [0.25, 0.3) is 0 Å². The first-order chi connectivity index (χ1) is 6.20. The maximum absolute atomic E-state index is 2.43. The summed E-state index contributed by atoms with van der Waals surface area (Å²) in [5.74, 6) is 1.65. The molecule has 0 aromatic carbocycles. The normalized spacial score (nSPS) is 14.2. The monoisotopic (exact) mass is 182 g/mol. The van der Waals surface area contributed by atoms with E-state index in [4.69, 9.17) is 0 Å². The van der Waals surface area contributed by atoms with Crippen molar-refractivity contribution in [3.63, 3.8) is 0 Å². The van der Waals surface area contributed by atoms with Gasteiger partial charge in [-0.1, -0.05) is 52.7 Å². The van der Waals surface area contributed by atoms with Gasteiger partial charge in [0, 0.05) is 0 Å². The van der Waals surface area contributed by atoms with Gasteiger partial charge in [-0.15, -0.1) is 0 Å². The Labute approximate surface area is 84.4 Å². The minimum absolute atomic E-state index is 0.817. The molecule has 78 valence electrons. The van der Waals surface area contributed by atoms with Gasteiger partial charge in [-0.3, -0.25) is 0 Å². The summed E-state index contributed by atoms with van der Waals surface area (Å²) in [6.07, 6.45) is 11.4. The molecule has 0 aromatic rings. The first-order valence-corrected chi connectivity index (χ1v) is 5.87. The van der Waals surface area contributed by atoms with Crippen molar-refractivity contribution >= 4 is 0 Å². The lowest BCUT2D eigenvalue weighted by atomic mass is 9.94. The molecule has 0 aliphatic rings. The van der Waals surface area contributed by atoms with Crippen molar-refractivity contribution in [2.45, 2.75) is 59.8 Å². The number of unbranched alkanes of at least 4 members (excludes halogenated alkanes) is 2. The zero-order valence-corrected chi connectivity index (χ0v) is 9.84. The Hall–Kier alpha value is -0.260.